The molecule has 3 nitrogen and oxygen atoms in total. The van der Waals surface area contributed by atoms with E-state index in [2.05, 4.69) is 36.1 Å². The first-order valence-electron chi connectivity index (χ1n) is 7.42. The van der Waals surface area contributed by atoms with Crippen LogP contribution >= 0.6 is 0 Å². The third-order valence-electron chi connectivity index (χ3n) is 3.83. The van der Waals surface area contributed by atoms with Crippen LogP contribution in [0.3, 0.4) is 0 Å². The number of ether oxygens (including phenoxy) is 1. The maximum absolute atomic E-state index is 5.83. The molecule has 0 aromatic heterocycles. The molecule has 0 aliphatic carbocycles. The van der Waals surface area contributed by atoms with Gasteiger partial charge in [0.15, 0.2) is 0 Å². The summed E-state index contributed by atoms with van der Waals surface area (Å²) in [5.41, 5.74) is 7.15. The van der Waals surface area contributed by atoms with Crippen molar-refractivity contribution in [3.05, 3.63) is 24.3 Å². The smallest absolute Gasteiger partial charge is 0.119 e. The molecule has 0 saturated carbocycles. The van der Waals surface area contributed by atoms with Crippen LogP contribution in [-0.4, -0.2) is 25.7 Å². The highest BCUT2D eigenvalue weighted by Gasteiger charge is 2.22. The number of hydrogen-bond acceptors (Lipinski definition) is 3. The Morgan fingerprint density at radius 2 is 2.11 bits per heavy atom. The van der Waals surface area contributed by atoms with Crippen LogP contribution in [0.2, 0.25) is 0 Å². The first-order valence-corrected chi connectivity index (χ1v) is 7.42. The predicted molar refractivity (Wildman–Crippen MR) is 80.8 cm³/mol. The van der Waals surface area contributed by atoms with Crippen LogP contribution in [-0.2, 0) is 0 Å². The minimum Gasteiger partial charge on any atom is -0.494 e. The molecule has 0 radical (unpaired) electrons. The lowest BCUT2D eigenvalue weighted by Gasteiger charge is -2.19. The van der Waals surface area contributed by atoms with E-state index < -0.39 is 0 Å². The normalized spacial score (nSPS) is 20.6. The first kappa shape index (κ1) is 14.2. The second-order valence-electron chi connectivity index (χ2n) is 5.58. The van der Waals surface area contributed by atoms with Gasteiger partial charge < -0.3 is 15.4 Å². The summed E-state index contributed by atoms with van der Waals surface area (Å²) in [6, 6.07) is 8.79. The molecule has 1 fully saturated rings. The average molecular weight is 262 g/mol. The third-order valence-corrected chi connectivity index (χ3v) is 3.83. The summed E-state index contributed by atoms with van der Waals surface area (Å²) >= 11 is 0. The minimum atomic E-state index is 0.333. The Bertz CT molecular complexity index is 375. The Morgan fingerprint density at radius 1 is 1.37 bits per heavy atom. The van der Waals surface area contributed by atoms with Crippen molar-refractivity contribution in [2.75, 3.05) is 24.6 Å². The molecule has 1 saturated heterocycles. The molecule has 19 heavy (non-hydrogen) atoms. The summed E-state index contributed by atoms with van der Waals surface area (Å²) in [6.07, 6.45) is 3.69. The summed E-state index contributed by atoms with van der Waals surface area (Å²) in [5.74, 6) is 1.76. The summed E-state index contributed by atoms with van der Waals surface area (Å²) in [7, 11) is 0. The second kappa shape index (κ2) is 6.80. The van der Waals surface area contributed by atoms with Gasteiger partial charge in [-0.15, -0.1) is 0 Å². The topological polar surface area (TPSA) is 38.5 Å². The van der Waals surface area contributed by atoms with Gasteiger partial charge in [0.2, 0.25) is 0 Å². The quantitative estimate of drug-likeness (QED) is 0.856. The zero-order valence-electron chi connectivity index (χ0n) is 12.1. The maximum atomic E-state index is 5.83. The summed E-state index contributed by atoms with van der Waals surface area (Å²) < 4.78 is 5.48. The van der Waals surface area contributed by atoms with Gasteiger partial charge in [-0.3, -0.25) is 0 Å². The summed E-state index contributed by atoms with van der Waals surface area (Å²) in [6.45, 7) is 7.16. The van der Waals surface area contributed by atoms with Gasteiger partial charge in [0.25, 0.3) is 0 Å². The molecule has 1 aromatic rings. The molecule has 1 heterocycles. The monoisotopic (exact) mass is 262 g/mol. The maximum Gasteiger partial charge on any atom is 0.119 e. The molecule has 2 N–H and O–H groups in total. The molecule has 2 rings (SSSR count). The summed E-state index contributed by atoms with van der Waals surface area (Å²) in [4.78, 5) is 2.47. The van der Waals surface area contributed by atoms with E-state index in [4.69, 9.17) is 10.5 Å². The fraction of sp³-hybridized carbons (Fsp3) is 0.625. The molecule has 1 aromatic carbocycles. The van der Waals surface area contributed by atoms with Crippen LogP contribution in [0.5, 0.6) is 5.75 Å². The Kier molecular flexibility index (Phi) is 5.08. The number of nitrogens with zero attached hydrogens (tertiary/aromatic N) is 1. The molecular weight excluding hydrogens is 236 g/mol. The standard InChI is InChI=1S/C16H26N2O/c1-3-19-16-8-6-15(7-9-16)18-11-10-14(12-18)5-4-13(2)17/h6-9,13-14H,3-5,10-12,17H2,1-2H3. The molecule has 1 aliphatic heterocycles. The van der Waals surface area contributed by atoms with E-state index in [1.165, 1.54) is 25.1 Å². The highest BCUT2D eigenvalue weighted by molar-refractivity contribution is 5.49. The number of hydrogen-bond donors (Lipinski definition) is 1. The Morgan fingerprint density at radius 3 is 2.74 bits per heavy atom. The zero-order valence-corrected chi connectivity index (χ0v) is 12.1. The molecule has 2 atom stereocenters. The highest BCUT2D eigenvalue weighted by atomic mass is 16.5. The van der Waals surface area contributed by atoms with Gasteiger partial charge in [0, 0.05) is 24.8 Å². The first-order chi connectivity index (χ1) is 9.19. The molecule has 0 bridgehead atoms. The van der Waals surface area contributed by atoms with E-state index in [1.807, 2.05) is 6.92 Å². The Hall–Kier alpha value is -1.22. The van der Waals surface area contributed by atoms with Crippen LogP contribution in [0.1, 0.15) is 33.1 Å². The van der Waals surface area contributed by atoms with E-state index in [-0.39, 0.29) is 0 Å². The van der Waals surface area contributed by atoms with Crippen LogP contribution in [0.15, 0.2) is 24.3 Å². The van der Waals surface area contributed by atoms with Crippen LogP contribution in [0, 0.1) is 5.92 Å². The molecule has 3 heteroatoms. The zero-order chi connectivity index (χ0) is 13.7. The van der Waals surface area contributed by atoms with E-state index in [0.29, 0.717) is 6.04 Å². The number of rotatable bonds is 6. The van der Waals surface area contributed by atoms with E-state index in [9.17, 15) is 0 Å². The number of nitrogens with two attached hydrogens (primary N) is 1. The molecule has 106 valence electrons. The van der Waals surface area contributed by atoms with Crippen LogP contribution in [0.25, 0.3) is 0 Å². The lowest BCUT2D eigenvalue weighted by molar-refractivity contribution is 0.340. The van der Waals surface area contributed by atoms with Crippen LogP contribution in [0.4, 0.5) is 5.69 Å². The number of anilines is 1. The van der Waals surface area contributed by atoms with Gasteiger partial charge in [0.1, 0.15) is 5.75 Å². The van der Waals surface area contributed by atoms with Crippen molar-refractivity contribution in [2.24, 2.45) is 11.7 Å². The van der Waals surface area contributed by atoms with Crippen molar-refractivity contribution in [3.63, 3.8) is 0 Å². The second-order valence-corrected chi connectivity index (χ2v) is 5.58. The Balaban J connectivity index is 1.86. The predicted octanol–water partition coefficient (Wildman–Crippen LogP) is 3.04. The highest BCUT2D eigenvalue weighted by Crippen LogP contribution is 2.28. The van der Waals surface area contributed by atoms with E-state index >= 15 is 0 Å². The average Bonchev–Trinajstić information content (AvgIpc) is 2.86. The van der Waals surface area contributed by atoms with Gasteiger partial charge in [-0.25, -0.2) is 0 Å². The molecule has 0 amide bonds. The van der Waals surface area contributed by atoms with Crippen molar-refractivity contribution in [1.29, 1.82) is 0 Å². The molecule has 0 spiro atoms. The Labute approximate surface area is 116 Å². The van der Waals surface area contributed by atoms with Crippen molar-refractivity contribution < 1.29 is 4.74 Å². The van der Waals surface area contributed by atoms with Crippen molar-refractivity contribution in [3.8, 4) is 5.75 Å². The van der Waals surface area contributed by atoms with E-state index in [0.717, 1.165) is 31.2 Å². The van der Waals surface area contributed by atoms with E-state index in [1.54, 1.807) is 0 Å². The largest absolute Gasteiger partial charge is 0.494 e. The SMILES string of the molecule is CCOc1ccc(N2CCC(CCC(C)N)C2)cc1. The van der Waals surface area contributed by atoms with Gasteiger partial charge in [0.05, 0.1) is 6.61 Å². The van der Waals surface area contributed by atoms with Crippen molar-refractivity contribution in [2.45, 2.75) is 39.2 Å². The summed E-state index contributed by atoms with van der Waals surface area (Å²) in [5, 5.41) is 0. The molecular formula is C16H26N2O. The third kappa shape index (κ3) is 4.13. The van der Waals surface area contributed by atoms with Gasteiger partial charge in [-0.2, -0.15) is 0 Å². The molecule has 1 aliphatic rings. The fourth-order valence-corrected chi connectivity index (χ4v) is 2.72. The van der Waals surface area contributed by atoms with Gasteiger partial charge in [-0.1, -0.05) is 0 Å². The van der Waals surface area contributed by atoms with Gasteiger partial charge >= 0.3 is 0 Å². The van der Waals surface area contributed by atoms with Crippen molar-refractivity contribution >= 4 is 5.69 Å². The minimum absolute atomic E-state index is 0.333. The van der Waals surface area contributed by atoms with Crippen molar-refractivity contribution in [1.82, 2.24) is 0 Å². The van der Waals surface area contributed by atoms with Crippen LogP contribution < -0.4 is 15.4 Å². The fourth-order valence-electron chi connectivity index (χ4n) is 2.72. The number of benzene rings is 1. The lowest BCUT2D eigenvalue weighted by Crippen LogP contribution is -2.21. The van der Waals surface area contributed by atoms with Gasteiger partial charge in [-0.05, 0) is 63.3 Å². The lowest BCUT2D eigenvalue weighted by atomic mass is 10.0. The molecule has 2 unspecified atom stereocenters.